The lowest BCUT2D eigenvalue weighted by Crippen LogP contribution is -2.90. The molecule has 0 aromatic heterocycles. The third-order valence-corrected chi connectivity index (χ3v) is 8.05. The fourth-order valence-corrected chi connectivity index (χ4v) is 8.33. The summed E-state index contributed by atoms with van der Waals surface area (Å²) in [5, 5.41) is 0. The number of halogens is 1. The Bertz CT molecular complexity index is 369. The molecule has 0 amide bonds. The molecule has 1 spiro atoms. The molecule has 0 aromatic carbocycles. The number of alkyl halides is 1. The summed E-state index contributed by atoms with van der Waals surface area (Å²) in [4.78, 5) is 0. The lowest BCUT2D eigenvalue weighted by atomic mass is 9.20. The van der Waals surface area contributed by atoms with Gasteiger partial charge in [0.05, 0.1) is 13.2 Å². The van der Waals surface area contributed by atoms with Gasteiger partial charge in [-0.25, -0.2) is 0 Å². The highest BCUT2D eigenvalue weighted by Crippen LogP contribution is 3.00. The first-order valence-electron chi connectivity index (χ1n) is 5.78. The van der Waals surface area contributed by atoms with Crippen molar-refractivity contribution in [3.63, 3.8) is 0 Å². The third kappa shape index (κ3) is 0.316. The van der Waals surface area contributed by atoms with Crippen molar-refractivity contribution in [3.05, 3.63) is 0 Å². The summed E-state index contributed by atoms with van der Waals surface area (Å²) >= 11 is 3.99. The average molecular weight is 255 g/mol. The molecule has 1 heterocycles. The second-order valence-electron chi connectivity index (χ2n) is 6.03. The van der Waals surface area contributed by atoms with Crippen molar-refractivity contribution in [2.24, 2.45) is 41.4 Å². The van der Waals surface area contributed by atoms with Gasteiger partial charge in [-0.15, -0.1) is 0 Å². The molecule has 1 aliphatic heterocycles. The molecule has 0 unspecified atom stereocenters. The van der Waals surface area contributed by atoms with Crippen LogP contribution in [0.4, 0.5) is 0 Å². The van der Waals surface area contributed by atoms with E-state index in [0.717, 1.165) is 54.6 Å². The van der Waals surface area contributed by atoms with Crippen LogP contribution >= 0.6 is 15.9 Å². The maximum atomic E-state index is 6.01. The van der Waals surface area contributed by atoms with Crippen LogP contribution < -0.4 is 0 Å². The molecule has 6 saturated carbocycles. The molecule has 7 fully saturated rings. The van der Waals surface area contributed by atoms with E-state index < -0.39 is 0 Å². The first-order valence-corrected chi connectivity index (χ1v) is 6.58. The zero-order chi connectivity index (χ0) is 8.87. The Morgan fingerprint density at radius 2 is 1.50 bits per heavy atom. The number of hydrogen-bond donors (Lipinski definition) is 0. The topological polar surface area (TPSA) is 18.5 Å². The maximum Gasteiger partial charge on any atom is 0.175 e. The van der Waals surface area contributed by atoms with Crippen LogP contribution in [0.1, 0.15) is 0 Å². The van der Waals surface area contributed by atoms with E-state index >= 15 is 0 Å². The normalized spacial score (nSPS) is 81.6. The van der Waals surface area contributed by atoms with Gasteiger partial charge in [0.15, 0.2) is 5.79 Å². The van der Waals surface area contributed by atoms with E-state index in [1.165, 1.54) is 0 Å². The second-order valence-corrected chi connectivity index (χ2v) is 7.40. The molecule has 74 valence electrons. The van der Waals surface area contributed by atoms with Gasteiger partial charge in [0.2, 0.25) is 0 Å². The largest absolute Gasteiger partial charge is 0.347 e. The van der Waals surface area contributed by atoms with E-state index in [0.29, 0.717) is 4.32 Å². The van der Waals surface area contributed by atoms with Crippen molar-refractivity contribution >= 4 is 15.9 Å². The third-order valence-electron chi connectivity index (χ3n) is 6.46. The highest BCUT2D eigenvalue weighted by molar-refractivity contribution is 9.10. The molecule has 7 rings (SSSR count). The van der Waals surface area contributed by atoms with Gasteiger partial charge < -0.3 is 9.47 Å². The Morgan fingerprint density at radius 3 is 2.07 bits per heavy atom. The van der Waals surface area contributed by atoms with Crippen LogP contribution in [0.15, 0.2) is 0 Å². The molecule has 3 heteroatoms. The Morgan fingerprint density at radius 1 is 0.857 bits per heavy atom. The summed E-state index contributed by atoms with van der Waals surface area (Å²) in [6.07, 6.45) is 0. The van der Waals surface area contributed by atoms with Crippen LogP contribution in [0, 0.1) is 41.4 Å². The molecule has 14 heavy (non-hydrogen) atoms. The molecule has 2 nitrogen and oxygen atoms in total. The average Bonchev–Trinajstić information content (AvgIpc) is 2.71. The minimum absolute atomic E-state index is 0.0745. The van der Waals surface area contributed by atoms with Crippen molar-refractivity contribution in [2.45, 2.75) is 10.1 Å². The fourth-order valence-electron chi connectivity index (χ4n) is 6.54. The van der Waals surface area contributed by atoms with Crippen LogP contribution in [-0.4, -0.2) is 23.3 Å². The smallest absolute Gasteiger partial charge is 0.175 e. The van der Waals surface area contributed by atoms with Gasteiger partial charge in [-0.05, 0) is 29.6 Å². The SMILES string of the molecule is BrC12C3[C@H]4C5[C@H]3[C@@H]1C([C@@H]42)C51OCCO1. The van der Waals surface area contributed by atoms with E-state index in [9.17, 15) is 0 Å². The Hall–Kier alpha value is 0.400. The van der Waals surface area contributed by atoms with Gasteiger partial charge in [-0.3, -0.25) is 0 Å². The molecular formula is C11H11BrO2. The van der Waals surface area contributed by atoms with Crippen LogP contribution in [0.3, 0.4) is 0 Å². The first kappa shape index (κ1) is 6.87. The number of rotatable bonds is 0. The molecule has 0 N–H and O–H groups in total. The van der Waals surface area contributed by atoms with Gasteiger partial charge >= 0.3 is 0 Å². The summed E-state index contributed by atoms with van der Waals surface area (Å²) in [5.41, 5.74) is 0. The Labute approximate surface area is 90.4 Å². The van der Waals surface area contributed by atoms with Crippen LogP contribution in [0.25, 0.3) is 0 Å². The van der Waals surface area contributed by atoms with Crippen LogP contribution in [0.5, 0.6) is 0 Å². The quantitative estimate of drug-likeness (QED) is 0.606. The van der Waals surface area contributed by atoms with Crippen LogP contribution in [-0.2, 0) is 9.47 Å². The molecule has 2 bridgehead atoms. The lowest BCUT2D eigenvalue weighted by Gasteiger charge is -2.88. The van der Waals surface area contributed by atoms with Gasteiger partial charge in [0, 0.05) is 16.2 Å². The van der Waals surface area contributed by atoms with Gasteiger partial charge in [-0.2, -0.15) is 0 Å². The second kappa shape index (κ2) is 1.47. The monoisotopic (exact) mass is 254 g/mol. The van der Waals surface area contributed by atoms with E-state index in [1.807, 2.05) is 0 Å². The van der Waals surface area contributed by atoms with E-state index in [2.05, 4.69) is 15.9 Å². The Balaban J connectivity index is 1.62. The van der Waals surface area contributed by atoms with Crippen molar-refractivity contribution in [1.82, 2.24) is 0 Å². The fraction of sp³-hybridized carbons (Fsp3) is 1.00. The molecule has 0 radical (unpaired) electrons. The van der Waals surface area contributed by atoms with Crippen molar-refractivity contribution in [2.75, 3.05) is 13.2 Å². The summed E-state index contributed by atoms with van der Waals surface area (Å²) in [6, 6.07) is 0. The van der Waals surface area contributed by atoms with Gasteiger partial charge in [-0.1, -0.05) is 15.9 Å². The highest BCUT2D eigenvalue weighted by Gasteiger charge is 3.03. The summed E-state index contributed by atoms with van der Waals surface area (Å²) in [5.74, 6) is 6.32. The first-order chi connectivity index (χ1) is 6.82. The molecular weight excluding hydrogens is 244 g/mol. The molecule has 4 atom stereocenters. The predicted molar refractivity (Wildman–Crippen MR) is 50.7 cm³/mol. The van der Waals surface area contributed by atoms with E-state index in [-0.39, 0.29) is 5.79 Å². The minimum Gasteiger partial charge on any atom is -0.347 e. The van der Waals surface area contributed by atoms with E-state index in [4.69, 9.17) is 9.47 Å². The Kier molecular flexibility index (Phi) is 0.723. The lowest BCUT2D eigenvalue weighted by molar-refractivity contribution is -0.349. The number of ether oxygens (including phenoxy) is 2. The van der Waals surface area contributed by atoms with Gasteiger partial charge in [0.1, 0.15) is 0 Å². The molecule has 7 aliphatic rings. The van der Waals surface area contributed by atoms with E-state index in [1.54, 1.807) is 0 Å². The standard InChI is InChI=1S/C11H11BrO2/c12-10-5-3-6-4(5)8(10)9(7(3)10)11(6)13-1-2-14-11/h3-9H,1-2H2/t3-,4-,5?,6?,7+,8+,9?,10?/m0/s1. The summed E-state index contributed by atoms with van der Waals surface area (Å²) < 4.78 is 12.6. The minimum atomic E-state index is -0.0745. The number of hydrogen-bond acceptors (Lipinski definition) is 2. The van der Waals surface area contributed by atoms with Crippen molar-refractivity contribution < 1.29 is 9.47 Å². The molecule has 1 saturated heterocycles. The van der Waals surface area contributed by atoms with Crippen molar-refractivity contribution in [3.8, 4) is 0 Å². The van der Waals surface area contributed by atoms with Gasteiger partial charge in [0.25, 0.3) is 0 Å². The van der Waals surface area contributed by atoms with Crippen molar-refractivity contribution in [1.29, 1.82) is 0 Å². The molecule has 6 aliphatic carbocycles. The predicted octanol–water partition coefficient (Wildman–Crippen LogP) is 1.24. The molecule has 0 aromatic rings. The zero-order valence-corrected chi connectivity index (χ0v) is 9.24. The zero-order valence-electron chi connectivity index (χ0n) is 7.65. The maximum absolute atomic E-state index is 6.01. The van der Waals surface area contributed by atoms with Crippen LogP contribution in [0.2, 0.25) is 0 Å². The summed E-state index contributed by atoms with van der Waals surface area (Å²) in [7, 11) is 0. The summed E-state index contributed by atoms with van der Waals surface area (Å²) in [6.45, 7) is 1.68. The highest BCUT2D eigenvalue weighted by atomic mass is 79.9.